The summed E-state index contributed by atoms with van der Waals surface area (Å²) < 4.78 is 2.41. The van der Waals surface area contributed by atoms with Gasteiger partial charge in [-0.15, -0.1) is 22.7 Å². The second-order valence-electron chi connectivity index (χ2n) is 4.35. The molecule has 1 unspecified atom stereocenters. The van der Waals surface area contributed by atoms with Crippen LogP contribution in [0.2, 0.25) is 0 Å². The van der Waals surface area contributed by atoms with E-state index >= 15 is 0 Å². The number of aromatic nitrogens is 1. The third-order valence-electron chi connectivity index (χ3n) is 2.89. The first-order valence-corrected chi connectivity index (χ1v) is 8.53. The molecule has 3 rings (SSSR count). The van der Waals surface area contributed by atoms with Gasteiger partial charge in [-0.2, -0.15) is 0 Å². The maximum absolute atomic E-state index is 4.68. The molecular formula is C14H13BrN2S2. The highest BCUT2D eigenvalue weighted by atomic mass is 79.9. The standard InChI is InChI=1S/C14H13BrN2S2/c1-9(16-7-11-6-10(15)8-18-11)14-17-12-4-2-3-5-13(12)19-14/h2-6,8-9,16H,7H2,1H3. The average Bonchev–Trinajstić information content (AvgIpc) is 3.01. The van der Waals surface area contributed by atoms with E-state index in [1.807, 2.05) is 6.07 Å². The van der Waals surface area contributed by atoms with Crippen LogP contribution in [0, 0.1) is 0 Å². The lowest BCUT2D eigenvalue weighted by atomic mass is 10.3. The fraction of sp³-hybridized carbons (Fsp3) is 0.214. The number of thiophene rings is 1. The minimum absolute atomic E-state index is 0.276. The Kier molecular flexibility index (Phi) is 3.98. The Morgan fingerprint density at radius 3 is 2.95 bits per heavy atom. The number of hydrogen-bond donors (Lipinski definition) is 1. The Bertz CT molecular complexity index is 656. The van der Waals surface area contributed by atoms with Crippen LogP contribution in [0.4, 0.5) is 0 Å². The number of benzene rings is 1. The molecule has 0 aliphatic rings. The Morgan fingerprint density at radius 1 is 1.37 bits per heavy atom. The lowest BCUT2D eigenvalue weighted by molar-refractivity contribution is 0.577. The summed E-state index contributed by atoms with van der Waals surface area (Å²) in [4.78, 5) is 6.01. The number of rotatable bonds is 4. The van der Waals surface area contributed by atoms with Gasteiger partial charge in [-0.25, -0.2) is 4.98 Å². The number of halogens is 1. The topological polar surface area (TPSA) is 24.9 Å². The zero-order chi connectivity index (χ0) is 13.2. The molecule has 0 aliphatic heterocycles. The summed E-state index contributed by atoms with van der Waals surface area (Å²) in [6.07, 6.45) is 0. The van der Waals surface area contributed by atoms with Crippen LogP contribution in [-0.2, 0) is 6.54 Å². The van der Waals surface area contributed by atoms with Crippen LogP contribution in [0.3, 0.4) is 0 Å². The first-order valence-electron chi connectivity index (χ1n) is 6.04. The monoisotopic (exact) mass is 352 g/mol. The Balaban J connectivity index is 1.71. The first-order chi connectivity index (χ1) is 9.22. The maximum atomic E-state index is 4.68. The maximum Gasteiger partial charge on any atom is 0.111 e. The van der Waals surface area contributed by atoms with Crippen molar-refractivity contribution in [2.24, 2.45) is 0 Å². The third kappa shape index (κ3) is 3.05. The van der Waals surface area contributed by atoms with Crippen molar-refractivity contribution in [2.75, 3.05) is 0 Å². The van der Waals surface area contributed by atoms with Crippen molar-refractivity contribution in [3.05, 3.63) is 50.1 Å². The van der Waals surface area contributed by atoms with Gasteiger partial charge < -0.3 is 5.32 Å². The van der Waals surface area contributed by atoms with E-state index in [0.717, 1.165) is 21.5 Å². The number of nitrogens with one attached hydrogen (secondary N) is 1. The van der Waals surface area contributed by atoms with Gasteiger partial charge >= 0.3 is 0 Å². The molecule has 0 saturated heterocycles. The Hall–Kier alpha value is -0.750. The molecule has 2 nitrogen and oxygen atoms in total. The van der Waals surface area contributed by atoms with Gasteiger partial charge in [0, 0.05) is 21.3 Å². The Labute approximate surface area is 128 Å². The summed E-state index contributed by atoms with van der Waals surface area (Å²) in [5.41, 5.74) is 1.09. The molecule has 0 bridgehead atoms. The first kappa shape index (κ1) is 13.2. The molecule has 2 heterocycles. The molecule has 1 N–H and O–H groups in total. The van der Waals surface area contributed by atoms with Crippen molar-refractivity contribution in [1.82, 2.24) is 10.3 Å². The van der Waals surface area contributed by atoms with Crippen molar-refractivity contribution in [3.63, 3.8) is 0 Å². The van der Waals surface area contributed by atoms with Crippen molar-refractivity contribution in [1.29, 1.82) is 0 Å². The van der Waals surface area contributed by atoms with Gasteiger partial charge in [-0.05, 0) is 41.1 Å². The minimum Gasteiger partial charge on any atom is -0.303 e. The molecule has 98 valence electrons. The number of para-hydroxylation sites is 1. The highest BCUT2D eigenvalue weighted by molar-refractivity contribution is 9.10. The van der Waals surface area contributed by atoms with Gasteiger partial charge in [0.25, 0.3) is 0 Å². The van der Waals surface area contributed by atoms with Crippen molar-refractivity contribution >= 4 is 48.8 Å². The lowest BCUT2D eigenvalue weighted by Crippen LogP contribution is -2.17. The van der Waals surface area contributed by atoms with Crippen LogP contribution in [0.15, 0.2) is 40.2 Å². The van der Waals surface area contributed by atoms with Crippen molar-refractivity contribution in [3.8, 4) is 0 Å². The SMILES string of the molecule is CC(NCc1cc(Br)cs1)c1nc2ccccc2s1. The number of fused-ring (bicyclic) bond motifs is 1. The highest BCUT2D eigenvalue weighted by Crippen LogP contribution is 2.26. The molecule has 0 spiro atoms. The zero-order valence-electron chi connectivity index (χ0n) is 10.4. The fourth-order valence-electron chi connectivity index (χ4n) is 1.86. The molecule has 1 atom stereocenters. The van der Waals surface area contributed by atoms with Crippen LogP contribution < -0.4 is 5.32 Å². The van der Waals surface area contributed by atoms with Crippen LogP contribution in [-0.4, -0.2) is 4.98 Å². The predicted molar refractivity (Wildman–Crippen MR) is 86.9 cm³/mol. The van der Waals surface area contributed by atoms with E-state index in [1.54, 1.807) is 22.7 Å². The molecule has 3 aromatic rings. The molecule has 0 amide bonds. The van der Waals surface area contributed by atoms with E-state index in [0.29, 0.717) is 0 Å². The van der Waals surface area contributed by atoms with Crippen LogP contribution in [0.1, 0.15) is 22.9 Å². The molecular weight excluding hydrogens is 340 g/mol. The predicted octanol–water partition coefficient (Wildman–Crippen LogP) is 4.97. The van der Waals surface area contributed by atoms with E-state index in [9.17, 15) is 0 Å². The van der Waals surface area contributed by atoms with E-state index in [2.05, 4.69) is 62.8 Å². The smallest absolute Gasteiger partial charge is 0.111 e. The van der Waals surface area contributed by atoms with Gasteiger partial charge in [-0.3, -0.25) is 0 Å². The molecule has 0 fully saturated rings. The van der Waals surface area contributed by atoms with E-state index < -0.39 is 0 Å². The number of nitrogens with zero attached hydrogens (tertiary/aromatic N) is 1. The van der Waals surface area contributed by atoms with Crippen LogP contribution in [0.25, 0.3) is 10.2 Å². The molecule has 5 heteroatoms. The lowest BCUT2D eigenvalue weighted by Gasteiger charge is -2.09. The Morgan fingerprint density at radius 2 is 2.21 bits per heavy atom. The van der Waals surface area contributed by atoms with E-state index in [4.69, 9.17) is 0 Å². The molecule has 19 heavy (non-hydrogen) atoms. The number of thiazole rings is 1. The highest BCUT2D eigenvalue weighted by Gasteiger charge is 2.11. The summed E-state index contributed by atoms with van der Waals surface area (Å²) in [7, 11) is 0. The van der Waals surface area contributed by atoms with Crippen molar-refractivity contribution in [2.45, 2.75) is 19.5 Å². The average molecular weight is 353 g/mol. The van der Waals surface area contributed by atoms with Crippen LogP contribution in [0.5, 0.6) is 0 Å². The van der Waals surface area contributed by atoms with E-state index in [1.165, 1.54) is 9.58 Å². The van der Waals surface area contributed by atoms with Gasteiger partial charge in [-0.1, -0.05) is 12.1 Å². The molecule has 2 aromatic heterocycles. The second-order valence-corrected chi connectivity index (χ2v) is 7.33. The zero-order valence-corrected chi connectivity index (χ0v) is 13.6. The third-order valence-corrected chi connectivity index (χ3v) is 5.80. The molecule has 0 aliphatic carbocycles. The van der Waals surface area contributed by atoms with Crippen molar-refractivity contribution < 1.29 is 0 Å². The fourth-order valence-corrected chi connectivity index (χ4v) is 4.26. The summed E-state index contributed by atoms with van der Waals surface area (Å²) in [5, 5.41) is 6.79. The molecule has 0 radical (unpaired) electrons. The van der Waals surface area contributed by atoms with Crippen LogP contribution >= 0.6 is 38.6 Å². The van der Waals surface area contributed by atoms with Gasteiger partial charge in [0.1, 0.15) is 5.01 Å². The summed E-state index contributed by atoms with van der Waals surface area (Å²) in [6, 6.07) is 10.7. The van der Waals surface area contributed by atoms with Gasteiger partial charge in [0.2, 0.25) is 0 Å². The number of hydrogen-bond acceptors (Lipinski definition) is 4. The van der Waals surface area contributed by atoms with E-state index in [-0.39, 0.29) is 6.04 Å². The van der Waals surface area contributed by atoms with Gasteiger partial charge in [0.05, 0.1) is 16.3 Å². The molecule has 1 aromatic carbocycles. The largest absolute Gasteiger partial charge is 0.303 e. The summed E-state index contributed by atoms with van der Waals surface area (Å²) >= 11 is 7.01. The summed E-state index contributed by atoms with van der Waals surface area (Å²) in [5.74, 6) is 0. The molecule has 0 saturated carbocycles. The second kappa shape index (κ2) is 5.71. The van der Waals surface area contributed by atoms with Gasteiger partial charge in [0.15, 0.2) is 0 Å². The quantitative estimate of drug-likeness (QED) is 0.716. The normalized spacial score (nSPS) is 12.9. The minimum atomic E-state index is 0.276. The summed E-state index contributed by atoms with van der Waals surface area (Å²) in [6.45, 7) is 3.05.